The molecule has 0 aromatic heterocycles. The van der Waals surface area contributed by atoms with E-state index in [0.717, 1.165) is 12.8 Å². The van der Waals surface area contributed by atoms with Crippen LogP contribution in [0.25, 0.3) is 0 Å². The Morgan fingerprint density at radius 3 is 2.33 bits per heavy atom. The standard InChI is InChI=1S/C15H30N2O4/c1-6-7-12(17-11(2)8-9-13(18)19)10-16-14(20)21-15(3,4)5/h11-12,17H,6-10H2,1-5H3,(H,16,20)(H,18,19). The summed E-state index contributed by atoms with van der Waals surface area (Å²) in [6.07, 6.45) is 2.18. The number of carbonyl (C=O) groups is 2. The van der Waals surface area contributed by atoms with E-state index in [1.807, 2.05) is 27.7 Å². The highest BCUT2D eigenvalue weighted by atomic mass is 16.6. The molecule has 0 aromatic rings. The largest absolute Gasteiger partial charge is 0.481 e. The maximum Gasteiger partial charge on any atom is 0.407 e. The molecule has 0 rings (SSSR count). The van der Waals surface area contributed by atoms with E-state index in [4.69, 9.17) is 9.84 Å². The average Bonchev–Trinajstić information content (AvgIpc) is 2.31. The Labute approximate surface area is 127 Å². The van der Waals surface area contributed by atoms with Gasteiger partial charge in [0.15, 0.2) is 0 Å². The molecule has 0 aliphatic heterocycles. The zero-order chi connectivity index (χ0) is 16.5. The Bertz CT molecular complexity index is 326. The van der Waals surface area contributed by atoms with Crippen LogP contribution in [-0.2, 0) is 9.53 Å². The molecule has 0 bridgehead atoms. The fourth-order valence-electron chi connectivity index (χ4n) is 1.94. The van der Waals surface area contributed by atoms with Crippen LogP contribution in [0.4, 0.5) is 4.79 Å². The van der Waals surface area contributed by atoms with E-state index >= 15 is 0 Å². The topological polar surface area (TPSA) is 87.7 Å². The second-order valence-corrected chi connectivity index (χ2v) is 6.37. The third-order valence-corrected chi connectivity index (χ3v) is 2.84. The van der Waals surface area contributed by atoms with Crippen LogP contribution in [0.3, 0.4) is 0 Å². The molecule has 2 atom stereocenters. The lowest BCUT2D eigenvalue weighted by atomic mass is 10.1. The van der Waals surface area contributed by atoms with E-state index < -0.39 is 17.7 Å². The molecule has 124 valence electrons. The summed E-state index contributed by atoms with van der Waals surface area (Å²) in [4.78, 5) is 22.2. The fourth-order valence-corrected chi connectivity index (χ4v) is 1.94. The van der Waals surface area contributed by atoms with E-state index in [-0.39, 0.29) is 18.5 Å². The van der Waals surface area contributed by atoms with E-state index in [1.165, 1.54) is 0 Å². The molecule has 6 heteroatoms. The van der Waals surface area contributed by atoms with Gasteiger partial charge < -0.3 is 20.5 Å². The molecule has 0 aliphatic rings. The summed E-state index contributed by atoms with van der Waals surface area (Å²) in [7, 11) is 0. The third-order valence-electron chi connectivity index (χ3n) is 2.84. The van der Waals surface area contributed by atoms with Crippen molar-refractivity contribution in [3.05, 3.63) is 0 Å². The Hall–Kier alpha value is -1.30. The molecule has 0 aromatic carbocycles. The van der Waals surface area contributed by atoms with E-state index in [1.54, 1.807) is 0 Å². The molecule has 2 unspecified atom stereocenters. The van der Waals surface area contributed by atoms with E-state index in [9.17, 15) is 9.59 Å². The minimum atomic E-state index is -0.789. The number of nitrogens with one attached hydrogen (secondary N) is 2. The lowest BCUT2D eigenvalue weighted by Gasteiger charge is -2.25. The molecule has 0 radical (unpaired) electrons. The second-order valence-electron chi connectivity index (χ2n) is 6.37. The molecule has 0 heterocycles. The summed E-state index contributed by atoms with van der Waals surface area (Å²) in [5.41, 5.74) is -0.507. The molecular formula is C15H30N2O4. The van der Waals surface area contributed by atoms with Gasteiger partial charge in [-0.15, -0.1) is 0 Å². The monoisotopic (exact) mass is 302 g/mol. The zero-order valence-electron chi connectivity index (χ0n) is 13.9. The van der Waals surface area contributed by atoms with Crippen LogP contribution >= 0.6 is 0 Å². The Morgan fingerprint density at radius 1 is 1.24 bits per heavy atom. The van der Waals surface area contributed by atoms with Crippen LogP contribution in [0.1, 0.15) is 60.3 Å². The molecule has 1 amide bonds. The molecule has 0 saturated heterocycles. The molecule has 6 nitrogen and oxygen atoms in total. The molecular weight excluding hydrogens is 272 g/mol. The number of ether oxygens (including phenoxy) is 1. The summed E-state index contributed by atoms with van der Waals surface area (Å²) in [5.74, 6) is -0.789. The van der Waals surface area contributed by atoms with Gasteiger partial charge in [0.1, 0.15) is 5.60 Å². The van der Waals surface area contributed by atoms with Crippen LogP contribution in [-0.4, -0.2) is 41.4 Å². The fraction of sp³-hybridized carbons (Fsp3) is 0.867. The summed E-state index contributed by atoms with van der Waals surface area (Å²) in [6, 6.07) is 0.212. The van der Waals surface area contributed by atoms with Gasteiger partial charge in [-0.05, 0) is 40.5 Å². The third kappa shape index (κ3) is 12.2. The predicted octanol–water partition coefficient (Wildman–Crippen LogP) is 2.52. The highest BCUT2D eigenvalue weighted by Gasteiger charge is 2.18. The van der Waals surface area contributed by atoms with Crippen molar-refractivity contribution in [2.45, 2.75) is 78.0 Å². The molecule has 21 heavy (non-hydrogen) atoms. The van der Waals surface area contributed by atoms with Gasteiger partial charge in [-0.3, -0.25) is 4.79 Å². The number of amides is 1. The Kier molecular flexibility index (Phi) is 9.01. The maximum atomic E-state index is 11.6. The van der Waals surface area contributed by atoms with Crippen molar-refractivity contribution in [2.75, 3.05) is 6.54 Å². The Balaban J connectivity index is 4.17. The smallest absolute Gasteiger partial charge is 0.407 e. The van der Waals surface area contributed by atoms with Gasteiger partial charge in [0.25, 0.3) is 0 Å². The SMILES string of the molecule is CCCC(CNC(=O)OC(C)(C)C)NC(C)CCC(=O)O. The first-order chi connectivity index (χ1) is 9.64. The number of carboxylic acid groups (broad SMARTS) is 1. The first-order valence-corrected chi connectivity index (χ1v) is 7.58. The quantitative estimate of drug-likeness (QED) is 0.609. The molecule has 0 fully saturated rings. The number of alkyl carbamates (subject to hydrolysis) is 1. The van der Waals surface area contributed by atoms with Crippen LogP contribution in [0.5, 0.6) is 0 Å². The van der Waals surface area contributed by atoms with Crippen molar-refractivity contribution in [1.29, 1.82) is 0 Å². The van der Waals surface area contributed by atoms with Gasteiger partial charge in [0.2, 0.25) is 0 Å². The number of carbonyl (C=O) groups excluding carboxylic acids is 1. The van der Waals surface area contributed by atoms with Gasteiger partial charge in [0.05, 0.1) is 0 Å². The van der Waals surface area contributed by atoms with Gasteiger partial charge in [-0.25, -0.2) is 4.79 Å². The number of carboxylic acids is 1. The number of aliphatic carboxylic acids is 1. The maximum absolute atomic E-state index is 11.6. The van der Waals surface area contributed by atoms with E-state index in [2.05, 4.69) is 17.6 Å². The summed E-state index contributed by atoms with van der Waals surface area (Å²) >= 11 is 0. The van der Waals surface area contributed by atoms with Crippen molar-refractivity contribution < 1.29 is 19.4 Å². The van der Waals surface area contributed by atoms with Crippen molar-refractivity contribution in [2.24, 2.45) is 0 Å². The average molecular weight is 302 g/mol. The first-order valence-electron chi connectivity index (χ1n) is 7.58. The summed E-state index contributed by atoms with van der Waals surface area (Å²) < 4.78 is 5.19. The first kappa shape index (κ1) is 19.7. The highest BCUT2D eigenvalue weighted by Crippen LogP contribution is 2.07. The molecule has 0 saturated carbocycles. The van der Waals surface area contributed by atoms with Crippen molar-refractivity contribution in [1.82, 2.24) is 10.6 Å². The summed E-state index contributed by atoms with van der Waals surface area (Å²) in [6.45, 7) is 9.97. The Morgan fingerprint density at radius 2 is 1.86 bits per heavy atom. The minimum absolute atomic E-state index is 0.0955. The minimum Gasteiger partial charge on any atom is -0.481 e. The van der Waals surface area contributed by atoms with Crippen molar-refractivity contribution in [3.63, 3.8) is 0 Å². The van der Waals surface area contributed by atoms with Crippen LogP contribution in [0, 0.1) is 0 Å². The predicted molar refractivity (Wildman–Crippen MR) is 82.4 cm³/mol. The second kappa shape index (κ2) is 9.60. The van der Waals surface area contributed by atoms with Crippen molar-refractivity contribution in [3.8, 4) is 0 Å². The number of hydrogen-bond acceptors (Lipinski definition) is 4. The number of rotatable bonds is 9. The normalized spacial score (nSPS) is 14.3. The van der Waals surface area contributed by atoms with Gasteiger partial charge >= 0.3 is 12.1 Å². The van der Waals surface area contributed by atoms with E-state index in [0.29, 0.717) is 13.0 Å². The van der Waals surface area contributed by atoms with Crippen LogP contribution in [0.2, 0.25) is 0 Å². The van der Waals surface area contributed by atoms with Gasteiger partial charge in [-0.1, -0.05) is 13.3 Å². The molecule has 0 spiro atoms. The highest BCUT2D eigenvalue weighted by molar-refractivity contribution is 5.67. The van der Waals surface area contributed by atoms with Gasteiger partial charge in [-0.2, -0.15) is 0 Å². The lowest BCUT2D eigenvalue weighted by Crippen LogP contribution is -2.45. The lowest BCUT2D eigenvalue weighted by molar-refractivity contribution is -0.137. The zero-order valence-corrected chi connectivity index (χ0v) is 13.9. The molecule has 3 N–H and O–H groups in total. The van der Waals surface area contributed by atoms with Gasteiger partial charge in [0, 0.05) is 25.0 Å². The van der Waals surface area contributed by atoms with Crippen LogP contribution < -0.4 is 10.6 Å². The van der Waals surface area contributed by atoms with Crippen LogP contribution in [0.15, 0.2) is 0 Å². The number of hydrogen-bond donors (Lipinski definition) is 3. The summed E-state index contributed by atoms with van der Waals surface area (Å²) in [5, 5.41) is 14.8. The molecule has 0 aliphatic carbocycles. The van der Waals surface area contributed by atoms with Crippen molar-refractivity contribution >= 4 is 12.1 Å².